The molecule has 4 atom stereocenters. The Bertz CT molecular complexity index is 920. The summed E-state index contributed by atoms with van der Waals surface area (Å²) in [6, 6.07) is 13.6. The largest absolute Gasteiger partial charge is 0.325 e. The maximum atomic E-state index is 12.7. The monoisotopic (exact) mass is 362 g/mol. The molecule has 0 unspecified atom stereocenters. The van der Waals surface area contributed by atoms with E-state index in [1.54, 1.807) is 0 Å². The van der Waals surface area contributed by atoms with Crippen molar-refractivity contribution in [1.29, 1.82) is 0 Å². The number of amides is 3. The lowest BCUT2D eigenvalue weighted by molar-refractivity contribution is -0.140. The number of nitrogens with one attached hydrogen (secondary N) is 1. The molecule has 2 aromatic rings. The minimum Gasteiger partial charge on any atom is -0.325 e. The number of hydrogen-bond donors (Lipinski definition) is 1. The lowest BCUT2D eigenvalue weighted by atomic mass is 9.81. The zero-order valence-corrected chi connectivity index (χ0v) is 15.1. The molecule has 3 amide bonds. The number of hydrogen-bond acceptors (Lipinski definition) is 3. The van der Waals surface area contributed by atoms with Crippen LogP contribution in [-0.2, 0) is 14.4 Å². The van der Waals surface area contributed by atoms with Gasteiger partial charge in [-0.15, -0.1) is 0 Å². The van der Waals surface area contributed by atoms with Crippen LogP contribution in [0.5, 0.6) is 0 Å². The highest BCUT2D eigenvalue weighted by atomic mass is 16.2. The topological polar surface area (TPSA) is 66.5 Å². The Morgan fingerprint density at radius 3 is 2.37 bits per heavy atom. The highest BCUT2D eigenvalue weighted by molar-refractivity contribution is 6.07. The van der Waals surface area contributed by atoms with E-state index >= 15 is 0 Å². The molecule has 3 aliphatic rings. The number of rotatable bonds is 4. The Morgan fingerprint density at radius 1 is 0.963 bits per heavy atom. The highest BCUT2D eigenvalue weighted by Crippen LogP contribution is 2.56. The third kappa shape index (κ3) is 2.56. The van der Waals surface area contributed by atoms with E-state index in [9.17, 15) is 14.4 Å². The molecule has 1 N–H and O–H groups in total. The molecule has 0 aromatic heterocycles. The lowest BCUT2D eigenvalue weighted by Gasteiger charge is -2.19. The summed E-state index contributed by atoms with van der Waals surface area (Å²) >= 11 is 0. The average Bonchev–Trinajstić information content (AvgIpc) is 3.35. The van der Waals surface area contributed by atoms with Gasteiger partial charge in [0.2, 0.25) is 17.7 Å². The number of imide groups is 1. The second kappa shape index (κ2) is 6.19. The fraction of sp³-hybridized carbons (Fsp3) is 0.409. The summed E-state index contributed by atoms with van der Waals surface area (Å²) in [6.07, 6.45) is 3.30. The van der Waals surface area contributed by atoms with E-state index in [0.717, 1.165) is 35.7 Å². The summed E-state index contributed by atoms with van der Waals surface area (Å²) in [5.41, 5.74) is 0.757. The first-order chi connectivity index (χ1) is 13.1. The van der Waals surface area contributed by atoms with Crippen molar-refractivity contribution in [2.75, 3.05) is 11.9 Å². The van der Waals surface area contributed by atoms with E-state index in [-0.39, 0.29) is 42.5 Å². The Labute approximate surface area is 157 Å². The van der Waals surface area contributed by atoms with Gasteiger partial charge in [-0.05, 0) is 42.6 Å². The first-order valence-corrected chi connectivity index (χ1v) is 9.76. The third-order valence-corrected chi connectivity index (χ3v) is 6.64. The number of likely N-dealkylation sites (tertiary alicyclic amines) is 1. The minimum atomic E-state index is -0.174. The molecule has 27 heavy (non-hydrogen) atoms. The Morgan fingerprint density at radius 2 is 1.63 bits per heavy atom. The Kier molecular flexibility index (Phi) is 3.78. The van der Waals surface area contributed by atoms with Gasteiger partial charge < -0.3 is 5.32 Å². The van der Waals surface area contributed by atoms with Crippen LogP contribution in [0.15, 0.2) is 42.5 Å². The van der Waals surface area contributed by atoms with Crippen LogP contribution in [0, 0.1) is 23.7 Å². The number of carbonyl (C=O) groups excluding carboxylic acids is 3. The quantitative estimate of drug-likeness (QED) is 0.850. The fourth-order valence-electron chi connectivity index (χ4n) is 5.45. The van der Waals surface area contributed by atoms with Crippen molar-refractivity contribution < 1.29 is 14.4 Å². The van der Waals surface area contributed by atoms with Crippen LogP contribution in [0.3, 0.4) is 0 Å². The van der Waals surface area contributed by atoms with E-state index in [4.69, 9.17) is 0 Å². The summed E-state index contributed by atoms with van der Waals surface area (Å²) in [7, 11) is 0. The molecule has 0 radical (unpaired) electrons. The zero-order valence-electron chi connectivity index (χ0n) is 15.1. The molecule has 3 fully saturated rings. The average molecular weight is 362 g/mol. The van der Waals surface area contributed by atoms with Crippen molar-refractivity contribution in [1.82, 2.24) is 4.90 Å². The Balaban J connectivity index is 1.26. The minimum absolute atomic E-state index is 0.0461. The zero-order chi connectivity index (χ0) is 18.5. The van der Waals surface area contributed by atoms with Crippen LogP contribution in [0.4, 0.5) is 5.69 Å². The van der Waals surface area contributed by atoms with E-state index in [1.165, 1.54) is 4.90 Å². The molecule has 2 aromatic carbocycles. The SMILES string of the molecule is O=C(CCN1C(=O)[C@@H]2[C@H]3CC[C@@H](C3)[C@@H]2C1=O)Nc1cccc2ccccc12. The van der Waals surface area contributed by atoms with Crippen molar-refractivity contribution in [3.63, 3.8) is 0 Å². The van der Waals surface area contributed by atoms with Gasteiger partial charge in [0, 0.05) is 24.0 Å². The summed E-state index contributed by atoms with van der Waals surface area (Å²) in [5, 5.41) is 4.97. The van der Waals surface area contributed by atoms with Gasteiger partial charge in [0.25, 0.3) is 0 Å². The first kappa shape index (κ1) is 16.5. The molecule has 2 saturated carbocycles. The number of benzene rings is 2. The van der Waals surface area contributed by atoms with Gasteiger partial charge in [-0.1, -0.05) is 36.4 Å². The summed E-state index contributed by atoms with van der Waals surface area (Å²) in [4.78, 5) is 39.2. The summed E-state index contributed by atoms with van der Waals surface area (Å²) < 4.78 is 0. The van der Waals surface area contributed by atoms with E-state index < -0.39 is 0 Å². The van der Waals surface area contributed by atoms with Crippen molar-refractivity contribution in [2.24, 2.45) is 23.7 Å². The van der Waals surface area contributed by atoms with Crippen LogP contribution in [-0.4, -0.2) is 29.2 Å². The highest BCUT2D eigenvalue weighted by Gasteiger charge is 2.60. The molecule has 2 bridgehead atoms. The molecule has 1 saturated heterocycles. The lowest BCUT2D eigenvalue weighted by Crippen LogP contribution is -2.35. The number of carbonyl (C=O) groups is 3. The van der Waals surface area contributed by atoms with Gasteiger partial charge in [-0.2, -0.15) is 0 Å². The maximum Gasteiger partial charge on any atom is 0.233 e. The standard InChI is InChI=1S/C22H22N2O3/c25-18(23-17-7-3-5-13-4-1-2-6-16(13)17)10-11-24-21(26)19-14-8-9-15(12-14)20(19)22(24)27/h1-7,14-15,19-20H,8-12H2,(H,23,25)/t14-,15-,19-,20+/m0/s1. The van der Waals surface area contributed by atoms with Crippen molar-refractivity contribution >= 4 is 34.2 Å². The molecule has 138 valence electrons. The third-order valence-electron chi connectivity index (χ3n) is 6.64. The fourth-order valence-corrected chi connectivity index (χ4v) is 5.45. The van der Waals surface area contributed by atoms with E-state index in [1.807, 2.05) is 42.5 Å². The maximum absolute atomic E-state index is 12.7. The van der Waals surface area contributed by atoms with Gasteiger partial charge >= 0.3 is 0 Å². The molecule has 5 heteroatoms. The summed E-state index contributed by atoms with van der Waals surface area (Å²) in [5.74, 6) is 0.268. The second-order valence-corrected chi connectivity index (χ2v) is 8.04. The molecule has 5 rings (SSSR count). The van der Waals surface area contributed by atoms with Gasteiger partial charge in [0.15, 0.2) is 0 Å². The molecule has 0 spiro atoms. The van der Waals surface area contributed by atoms with Crippen molar-refractivity contribution in [2.45, 2.75) is 25.7 Å². The predicted octanol–water partition coefficient (Wildman–Crippen LogP) is 3.20. The first-order valence-electron chi connectivity index (χ1n) is 9.76. The van der Waals surface area contributed by atoms with Crippen molar-refractivity contribution in [3.05, 3.63) is 42.5 Å². The van der Waals surface area contributed by atoms with Gasteiger partial charge in [0.05, 0.1) is 11.8 Å². The van der Waals surface area contributed by atoms with Crippen LogP contribution < -0.4 is 5.32 Å². The molecule has 1 aliphatic heterocycles. The predicted molar refractivity (Wildman–Crippen MR) is 102 cm³/mol. The van der Waals surface area contributed by atoms with Gasteiger partial charge in [-0.3, -0.25) is 19.3 Å². The normalized spacial score (nSPS) is 28.8. The molecular weight excluding hydrogens is 340 g/mol. The number of nitrogens with zero attached hydrogens (tertiary/aromatic N) is 1. The van der Waals surface area contributed by atoms with Crippen LogP contribution >= 0.6 is 0 Å². The van der Waals surface area contributed by atoms with Crippen LogP contribution in [0.2, 0.25) is 0 Å². The molecule has 5 nitrogen and oxygen atoms in total. The summed E-state index contributed by atoms with van der Waals surface area (Å²) in [6.45, 7) is 0.181. The second-order valence-electron chi connectivity index (χ2n) is 8.04. The van der Waals surface area contributed by atoms with Gasteiger partial charge in [0.1, 0.15) is 0 Å². The van der Waals surface area contributed by atoms with Crippen LogP contribution in [0.1, 0.15) is 25.7 Å². The van der Waals surface area contributed by atoms with E-state index in [0.29, 0.717) is 11.8 Å². The van der Waals surface area contributed by atoms with E-state index in [2.05, 4.69) is 5.32 Å². The Hall–Kier alpha value is -2.69. The van der Waals surface area contributed by atoms with Crippen molar-refractivity contribution in [3.8, 4) is 0 Å². The molecular formula is C22H22N2O3. The molecule has 2 aliphatic carbocycles. The number of fused-ring (bicyclic) bond motifs is 6. The molecule has 1 heterocycles. The van der Waals surface area contributed by atoms with Crippen LogP contribution in [0.25, 0.3) is 10.8 Å². The smallest absolute Gasteiger partial charge is 0.233 e. The van der Waals surface area contributed by atoms with Gasteiger partial charge in [-0.25, -0.2) is 0 Å². The number of anilines is 1.